The molecule has 1 aliphatic rings. The highest BCUT2D eigenvalue weighted by molar-refractivity contribution is 6.35. The van der Waals surface area contributed by atoms with E-state index in [0.717, 1.165) is 36.3 Å². The lowest BCUT2D eigenvalue weighted by molar-refractivity contribution is 0.00633. The molecule has 1 aliphatic heterocycles. The Hall–Kier alpha value is -0.770. The fraction of sp³-hybridized carbons (Fsp3) is 0.500. The number of ether oxygens (including phenoxy) is 1. The van der Waals surface area contributed by atoms with Gasteiger partial charge < -0.3 is 9.30 Å². The zero-order valence-electron chi connectivity index (χ0n) is 10.8. The second-order valence-corrected chi connectivity index (χ2v) is 5.67. The van der Waals surface area contributed by atoms with Gasteiger partial charge in [0, 0.05) is 12.6 Å². The monoisotopic (exact) mass is 298 g/mol. The molecule has 19 heavy (non-hydrogen) atoms. The van der Waals surface area contributed by atoms with Gasteiger partial charge in [-0.25, -0.2) is 4.98 Å². The summed E-state index contributed by atoms with van der Waals surface area (Å²) in [5, 5.41) is 0.683. The number of para-hydroxylation sites is 1. The van der Waals surface area contributed by atoms with Gasteiger partial charge in [-0.05, 0) is 31.9 Å². The first-order chi connectivity index (χ1) is 9.20. The predicted octanol–water partition coefficient (Wildman–Crippen LogP) is 4.17. The number of alkyl halides is 1. The average molecular weight is 299 g/mol. The van der Waals surface area contributed by atoms with E-state index in [1.54, 1.807) is 0 Å². The summed E-state index contributed by atoms with van der Waals surface area (Å²) in [6.07, 6.45) is 2.26. The molecule has 0 amide bonds. The highest BCUT2D eigenvalue weighted by Gasteiger charge is 2.25. The molecule has 2 atom stereocenters. The summed E-state index contributed by atoms with van der Waals surface area (Å²) in [5.41, 5.74) is 1.92. The molecule has 1 aromatic heterocycles. The molecule has 2 unspecified atom stereocenters. The Kier molecular flexibility index (Phi) is 3.70. The van der Waals surface area contributed by atoms with Crippen LogP contribution in [0.4, 0.5) is 0 Å². The van der Waals surface area contributed by atoms with Crippen LogP contribution in [0, 0.1) is 0 Å². The topological polar surface area (TPSA) is 27.1 Å². The molecule has 3 rings (SSSR count). The van der Waals surface area contributed by atoms with Crippen LogP contribution in [0.3, 0.4) is 0 Å². The first kappa shape index (κ1) is 13.2. The van der Waals surface area contributed by atoms with Gasteiger partial charge in [-0.1, -0.05) is 17.7 Å². The van der Waals surface area contributed by atoms with E-state index in [2.05, 4.69) is 22.5 Å². The number of imidazole rings is 1. The van der Waals surface area contributed by atoms with E-state index >= 15 is 0 Å². The normalized spacial score (nSPS) is 23.9. The van der Waals surface area contributed by atoms with Crippen molar-refractivity contribution in [1.82, 2.24) is 9.55 Å². The van der Waals surface area contributed by atoms with Crippen LogP contribution in [-0.4, -0.2) is 22.3 Å². The third kappa shape index (κ3) is 2.35. The van der Waals surface area contributed by atoms with Crippen molar-refractivity contribution in [2.45, 2.75) is 37.8 Å². The summed E-state index contributed by atoms with van der Waals surface area (Å²) in [5.74, 6) is 1.29. The number of hydrogen-bond acceptors (Lipinski definition) is 2. The Morgan fingerprint density at radius 2 is 2.32 bits per heavy atom. The molecular formula is C14H16Cl2N2O. The quantitative estimate of drug-likeness (QED) is 0.778. The molecule has 0 bridgehead atoms. The molecule has 0 spiro atoms. The summed E-state index contributed by atoms with van der Waals surface area (Å²) < 4.78 is 7.87. The Morgan fingerprint density at radius 3 is 3.05 bits per heavy atom. The molecule has 1 aromatic carbocycles. The average Bonchev–Trinajstić information content (AvgIpc) is 2.78. The van der Waals surface area contributed by atoms with E-state index in [9.17, 15) is 0 Å². The van der Waals surface area contributed by atoms with Crippen molar-refractivity contribution in [3.63, 3.8) is 0 Å². The van der Waals surface area contributed by atoms with Crippen LogP contribution >= 0.6 is 23.2 Å². The van der Waals surface area contributed by atoms with Gasteiger partial charge in [0.15, 0.2) is 0 Å². The number of benzene rings is 1. The molecule has 5 heteroatoms. The Morgan fingerprint density at radius 1 is 1.47 bits per heavy atom. The Labute approximate surface area is 122 Å². The highest BCUT2D eigenvalue weighted by atomic mass is 35.5. The van der Waals surface area contributed by atoms with Gasteiger partial charge in [-0.2, -0.15) is 0 Å². The fourth-order valence-corrected chi connectivity index (χ4v) is 3.24. The largest absolute Gasteiger partial charge is 0.378 e. The molecule has 0 saturated carbocycles. The van der Waals surface area contributed by atoms with Crippen molar-refractivity contribution in [3.8, 4) is 0 Å². The maximum Gasteiger partial charge on any atom is 0.125 e. The predicted molar refractivity (Wildman–Crippen MR) is 78.0 cm³/mol. The van der Waals surface area contributed by atoms with Crippen molar-refractivity contribution in [3.05, 3.63) is 29.0 Å². The van der Waals surface area contributed by atoms with Gasteiger partial charge in [-0.3, -0.25) is 0 Å². The van der Waals surface area contributed by atoms with Crippen molar-refractivity contribution in [1.29, 1.82) is 0 Å². The Balaban J connectivity index is 2.13. The summed E-state index contributed by atoms with van der Waals surface area (Å²) in [7, 11) is 0. The maximum absolute atomic E-state index is 6.22. The number of nitrogens with zero attached hydrogens (tertiary/aromatic N) is 2. The van der Waals surface area contributed by atoms with Crippen LogP contribution in [0.2, 0.25) is 5.02 Å². The van der Waals surface area contributed by atoms with E-state index in [-0.39, 0.29) is 6.10 Å². The molecule has 1 saturated heterocycles. The van der Waals surface area contributed by atoms with Gasteiger partial charge in [-0.15, -0.1) is 11.6 Å². The zero-order valence-corrected chi connectivity index (χ0v) is 12.3. The van der Waals surface area contributed by atoms with Crippen molar-refractivity contribution < 1.29 is 4.74 Å². The second kappa shape index (κ2) is 5.31. The van der Waals surface area contributed by atoms with Crippen LogP contribution in [-0.2, 0) is 10.6 Å². The third-order valence-corrected chi connectivity index (χ3v) is 4.23. The first-order valence-corrected chi connectivity index (χ1v) is 7.45. The first-order valence-electron chi connectivity index (χ1n) is 6.53. The minimum Gasteiger partial charge on any atom is -0.378 e. The van der Waals surface area contributed by atoms with Gasteiger partial charge in [0.25, 0.3) is 0 Å². The fourth-order valence-electron chi connectivity index (χ4n) is 2.84. The van der Waals surface area contributed by atoms with Crippen LogP contribution in [0.1, 0.15) is 31.6 Å². The Bertz CT molecular complexity index is 596. The molecule has 3 nitrogen and oxygen atoms in total. The number of hydrogen-bond donors (Lipinski definition) is 0. The standard InChI is InChI=1S/C14H16Cl2N2O/c1-9-7-10(5-6-19-9)18-12-4-2-3-11(16)14(12)17-13(18)8-15/h2-4,9-10H,5-8H2,1H3. The van der Waals surface area contributed by atoms with Crippen molar-refractivity contribution in [2.24, 2.45) is 0 Å². The van der Waals surface area contributed by atoms with Crippen molar-refractivity contribution in [2.75, 3.05) is 6.61 Å². The van der Waals surface area contributed by atoms with Gasteiger partial charge >= 0.3 is 0 Å². The third-order valence-electron chi connectivity index (χ3n) is 3.69. The van der Waals surface area contributed by atoms with Gasteiger partial charge in [0.2, 0.25) is 0 Å². The van der Waals surface area contributed by atoms with E-state index < -0.39 is 0 Å². The summed E-state index contributed by atoms with van der Waals surface area (Å²) in [4.78, 5) is 4.59. The van der Waals surface area contributed by atoms with E-state index in [1.807, 2.05) is 12.1 Å². The van der Waals surface area contributed by atoms with Crippen molar-refractivity contribution >= 4 is 34.2 Å². The van der Waals surface area contributed by atoms with E-state index in [4.69, 9.17) is 27.9 Å². The summed E-state index contributed by atoms with van der Waals surface area (Å²) >= 11 is 12.3. The highest BCUT2D eigenvalue weighted by Crippen LogP contribution is 2.33. The lowest BCUT2D eigenvalue weighted by atomic mass is 10.0. The summed E-state index contributed by atoms with van der Waals surface area (Å²) in [6, 6.07) is 6.28. The molecular weight excluding hydrogens is 283 g/mol. The SMILES string of the molecule is CC1CC(n2c(CCl)nc3c(Cl)cccc32)CCO1. The van der Waals surface area contributed by atoms with E-state index in [1.165, 1.54) is 0 Å². The maximum atomic E-state index is 6.22. The molecule has 0 N–H and O–H groups in total. The minimum absolute atomic E-state index is 0.276. The van der Waals surface area contributed by atoms with Gasteiger partial charge in [0.1, 0.15) is 11.3 Å². The van der Waals surface area contributed by atoms with Crippen LogP contribution in [0.5, 0.6) is 0 Å². The lowest BCUT2D eigenvalue weighted by Crippen LogP contribution is -2.26. The van der Waals surface area contributed by atoms with Crippen LogP contribution < -0.4 is 0 Å². The molecule has 102 valence electrons. The smallest absolute Gasteiger partial charge is 0.125 e. The molecule has 2 heterocycles. The summed E-state index contributed by atoms with van der Waals surface area (Å²) in [6.45, 7) is 2.90. The zero-order chi connectivity index (χ0) is 13.4. The van der Waals surface area contributed by atoms with Gasteiger partial charge in [0.05, 0.1) is 22.5 Å². The molecule has 2 aromatic rings. The van der Waals surface area contributed by atoms with E-state index in [0.29, 0.717) is 16.9 Å². The lowest BCUT2D eigenvalue weighted by Gasteiger charge is -2.29. The number of rotatable bonds is 2. The number of halogens is 2. The van der Waals surface area contributed by atoms with Crippen LogP contribution in [0.25, 0.3) is 11.0 Å². The minimum atomic E-state index is 0.276. The second-order valence-electron chi connectivity index (χ2n) is 5.00. The molecule has 0 radical (unpaired) electrons. The molecule has 1 fully saturated rings. The molecule has 0 aliphatic carbocycles. The van der Waals surface area contributed by atoms with Crippen LogP contribution in [0.15, 0.2) is 18.2 Å². The number of fused-ring (bicyclic) bond motifs is 1. The number of aromatic nitrogens is 2.